The van der Waals surface area contributed by atoms with Gasteiger partial charge in [-0.25, -0.2) is 0 Å². The summed E-state index contributed by atoms with van der Waals surface area (Å²) in [6.07, 6.45) is 5.90. The smallest absolute Gasteiger partial charge is 0.255 e. The van der Waals surface area contributed by atoms with Gasteiger partial charge in [0.25, 0.3) is 11.8 Å². The number of carbonyl (C=O) groups is 2. The van der Waals surface area contributed by atoms with Crippen LogP contribution in [0.1, 0.15) is 46.0 Å². The lowest BCUT2D eigenvalue weighted by Gasteiger charge is -2.30. The van der Waals surface area contributed by atoms with Crippen LogP contribution in [0.2, 0.25) is 0 Å². The van der Waals surface area contributed by atoms with Crippen LogP contribution in [0.15, 0.2) is 42.7 Å². The van der Waals surface area contributed by atoms with Crippen LogP contribution in [-0.2, 0) is 6.42 Å². The van der Waals surface area contributed by atoms with E-state index < -0.39 is 0 Å². The molecule has 1 aromatic heterocycles. The largest absolute Gasteiger partial charge is 0.497 e. The van der Waals surface area contributed by atoms with Gasteiger partial charge in [0.05, 0.1) is 18.2 Å². The molecule has 0 aliphatic carbocycles. The topological polar surface area (TPSA) is 71.5 Å². The summed E-state index contributed by atoms with van der Waals surface area (Å²) < 4.78 is 5.21. The first-order valence-corrected chi connectivity index (χ1v) is 9.72. The zero-order chi connectivity index (χ0) is 19.9. The minimum Gasteiger partial charge on any atom is -0.497 e. The number of benzene rings is 1. The number of piperidine rings is 1. The first kappa shape index (κ1) is 19.9. The third-order valence-electron chi connectivity index (χ3n) is 5.02. The number of carbonyl (C=O) groups excluding carboxylic acids is 2. The number of nitrogens with one attached hydrogen (secondary N) is 1. The molecule has 1 aliphatic heterocycles. The van der Waals surface area contributed by atoms with Gasteiger partial charge in [0.15, 0.2) is 0 Å². The molecule has 0 saturated carbocycles. The van der Waals surface area contributed by atoms with Crippen molar-refractivity contribution in [1.29, 1.82) is 0 Å². The van der Waals surface area contributed by atoms with Gasteiger partial charge in [-0.2, -0.15) is 0 Å². The van der Waals surface area contributed by atoms with E-state index in [9.17, 15) is 9.59 Å². The molecular formula is C22H27N3O3. The molecule has 1 atom stereocenters. The van der Waals surface area contributed by atoms with Crippen molar-refractivity contribution in [2.45, 2.75) is 26.2 Å². The Morgan fingerprint density at radius 3 is 2.86 bits per heavy atom. The highest BCUT2D eigenvalue weighted by Crippen LogP contribution is 2.18. The van der Waals surface area contributed by atoms with Crippen molar-refractivity contribution < 1.29 is 14.3 Å². The van der Waals surface area contributed by atoms with Crippen molar-refractivity contribution in [2.75, 3.05) is 26.7 Å². The standard InChI is InChI=1S/C22H27N3O3/c1-16-5-4-10-25(15-16)22(27)19-12-18(13-23-14-19)21(26)24-9-8-17-6-3-7-20(11-17)28-2/h3,6-7,11-14,16H,4-5,8-10,15H2,1-2H3,(H,24,26). The quantitative estimate of drug-likeness (QED) is 0.835. The summed E-state index contributed by atoms with van der Waals surface area (Å²) in [7, 11) is 1.63. The molecule has 148 valence electrons. The predicted octanol–water partition coefficient (Wildman–Crippen LogP) is 2.93. The summed E-state index contributed by atoms with van der Waals surface area (Å²) in [5.41, 5.74) is 1.96. The molecule has 1 fully saturated rings. The van der Waals surface area contributed by atoms with Crippen molar-refractivity contribution in [3.05, 3.63) is 59.4 Å². The van der Waals surface area contributed by atoms with E-state index in [-0.39, 0.29) is 11.8 Å². The highest BCUT2D eigenvalue weighted by atomic mass is 16.5. The van der Waals surface area contributed by atoms with E-state index in [1.165, 1.54) is 12.4 Å². The third kappa shape index (κ3) is 5.09. The molecule has 2 amide bonds. The second-order valence-corrected chi connectivity index (χ2v) is 7.32. The highest BCUT2D eigenvalue weighted by Gasteiger charge is 2.22. The number of methoxy groups -OCH3 is 1. The van der Waals surface area contributed by atoms with Crippen LogP contribution in [0.5, 0.6) is 5.75 Å². The average molecular weight is 381 g/mol. The number of likely N-dealkylation sites (tertiary alicyclic amines) is 1. The summed E-state index contributed by atoms with van der Waals surface area (Å²) >= 11 is 0. The first-order valence-electron chi connectivity index (χ1n) is 9.72. The average Bonchev–Trinajstić information content (AvgIpc) is 2.73. The molecule has 3 rings (SSSR count). The van der Waals surface area contributed by atoms with Gasteiger partial charge in [-0.05, 0) is 48.9 Å². The van der Waals surface area contributed by atoms with Gasteiger partial charge >= 0.3 is 0 Å². The number of ether oxygens (including phenoxy) is 1. The van der Waals surface area contributed by atoms with Gasteiger partial charge in [-0.3, -0.25) is 14.6 Å². The molecule has 0 radical (unpaired) electrons. The Hall–Kier alpha value is -2.89. The maximum Gasteiger partial charge on any atom is 0.255 e. The minimum absolute atomic E-state index is 0.0509. The van der Waals surface area contributed by atoms with E-state index in [1.54, 1.807) is 13.2 Å². The Morgan fingerprint density at radius 2 is 2.07 bits per heavy atom. The molecule has 1 aliphatic rings. The normalized spacial score (nSPS) is 16.5. The van der Waals surface area contributed by atoms with Crippen molar-refractivity contribution in [2.24, 2.45) is 5.92 Å². The lowest BCUT2D eigenvalue weighted by atomic mass is 9.99. The van der Waals surface area contributed by atoms with Crippen molar-refractivity contribution in [3.63, 3.8) is 0 Å². The maximum atomic E-state index is 12.7. The monoisotopic (exact) mass is 381 g/mol. The second kappa shape index (κ2) is 9.35. The van der Waals surface area contributed by atoms with Crippen LogP contribution in [-0.4, -0.2) is 48.4 Å². The van der Waals surface area contributed by atoms with Gasteiger partial charge < -0.3 is 15.0 Å². The molecule has 0 spiro atoms. The van der Waals surface area contributed by atoms with Gasteiger partial charge in [-0.15, -0.1) is 0 Å². The lowest BCUT2D eigenvalue weighted by Crippen LogP contribution is -2.39. The first-order chi connectivity index (χ1) is 13.6. The number of aromatic nitrogens is 1. The molecule has 1 unspecified atom stereocenters. The second-order valence-electron chi connectivity index (χ2n) is 7.32. The number of hydrogen-bond donors (Lipinski definition) is 1. The number of rotatable bonds is 6. The van der Waals surface area contributed by atoms with Gasteiger partial charge in [-0.1, -0.05) is 19.1 Å². The van der Waals surface area contributed by atoms with E-state index in [1.807, 2.05) is 29.2 Å². The van der Waals surface area contributed by atoms with Crippen LogP contribution < -0.4 is 10.1 Å². The van der Waals surface area contributed by atoms with Crippen molar-refractivity contribution in [3.8, 4) is 5.75 Å². The summed E-state index contributed by atoms with van der Waals surface area (Å²) in [5.74, 6) is 1.03. The minimum atomic E-state index is -0.225. The highest BCUT2D eigenvalue weighted by molar-refractivity contribution is 5.99. The fraction of sp³-hybridized carbons (Fsp3) is 0.409. The van der Waals surface area contributed by atoms with E-state index >= 15 is 0 Å². The molecule has 2 aromatic rings. The zero-order valence-corrected chi connectivity index (χ0v) is 16.5. The van der Waals surface area contributed by atoms with Crippen LogP contribution in [0.3, 0.4) is 0 Å². The fourth-order valence-electron chi connectivity index (χ4n) is 3.49. The molecular weight excluding hydrogens is 354 g/mol. The number of pyridine rings is 1. The molecule has 28 heavy (non-hydrogen) atoms. The van der Waals surface area contributed by atoms with Crippen LogP contribution in [0.25, 0.3) is 0 Å². The summed E-state index contributed by atoms with van der Waals surface area (Å²) in [4.78, 5) is 31.1. The van der Waals surface area contributed by atoms with E-state index in [2.05, 4.69) is 17.2 Å². The molecule has 1 saturated heterocycles. The Labute approximate surface area is 165 Å². The predicted molar refractivity (Wildman–Crippen MR) is 108 cm³/mol. The van der Waals surface area contributed by atoms with Gasteiger partial charge in [0, 0.05) is 32.0 Å². The van der Waals surface area contributed by atoms with Crippen molar-refractivity contribution >= 4 is 11.8 Å². The van der Waals surface area contributed by atoms with E-state index in [4.69, 9.17) is 4.74 Å². The zero-order valence-electron chi connectivity index (χ0n) is 16.5. The molecule has 6 nitrogen and oxygen atoms in total. The van der Waals surface area contributed by atoms with E-state index in [0.717, 1.165) is 37.2 Å². The molecule has 2 heterocycles. The Bertz CT molecular complexity index is 837. The van der Waals surface area contributed by atoms with Crippen LogP contribution in [0, 0.1) is 5.92 Å². The van der Waals surface area contributed by atoms with Crippen LogP contribution >= 0.6 is 0 Å². The fourth-order valence-corrected chi connectivity index (χ4v) is 3.49. The molecule has 1 N–H and O–H groups in total. The third-order valence-corrected chi connectivity index (χ3v) is 5.02. The number of hydrogen-bond acceptors (Lipinski definition) is 4. The molecule has 0 bridgehead atoms. The number of amides is 2. The Morgan fingerprint density at radius 1 is 1.25 bits per heavy atom. The summed E-state index contributed by atoms with van der Waals surface area (Å²) in [6.45, 7) is 4.17. The van der Waals surface area contributed by atoms with Gasteiger partial charge in [0.2, 0.25) is 0 Å². The van der Waals surface area contributed by atoms with Crippen molar-refractivity contribution in [1.82, 2.24) is 15.2 Å². The maximum absolute atomic E-state index is 12.7. The summed E-state index contributed by atoms with van der Waals surface area (Å²) in [6, 6.07) is 9.40. The molecule has 1 aromatic carbocycles. The van der Waals surface area contributed by atoms with Gasteiger partial charge in [0.1, 0.15) is 5.75 Å². The Balaban J connectivity index is 1.58. The summed E-state index contributed by atoms with van der Waals surface area (Å²) in [5, 5.41) is 2.89. The molecule has 6 heteroatoms. The van der Waals surface area contributed by atoms with Crippen LogP contribution in [0.4, 0.5) is 0 Å². The Kier molecular flexibility index (Phi) is 6.63. The van der Waals surface area contributed by atoms with E-state index in [0.29, 0.717) is 30.0 Å². The SMILES string of the molecule is COc1cccc(CCNC(=O)c2cncc(C(=O)N3CCCC(C)C3)c2)c1. The lowest BCUT2D eigenvalue weighted by molar-refractivity contribution is 0.0682. The number of nitrogens with zero attached hydrogens (tertiary/aromatic N) is 2.